The third-order valence-electron chi connectivity index (χ3n) is 4.17. The van der Waals surface area contributed by atoms with Crippen LogP contribution in [0.4, 0.5) is 11.4 Å². The van der Waals surface area contributed by atoms with Crippen LogP contribution in [0.5, 0.6) is 0 Å². The molecule has 0 aromatic heterocycles. The molecule has 3 rings (SSSR count). The van der Waals surface area contributed by atoms with E-state index < -0.39 is 0 Å². The second kappa shape index (κ2) is 6.28. The first kappa shape index (κ1) is 15.9. The summed E-state index contributed by atoms with van der Waals surface area (Å²) in [6.45, 7) is 3.70. The summed E-state index contributed by atoms with van der Waals surface area (Å²) in [4.78, 5) is 36.9. The zero-order valence-electron chi connectivity index (χ0n) is 13.6. The lowest BCUT2D eigenvalue weighted by molar-refractivity contribution is -0.116. The first-order valence-corrected chi connectivity index (χ1v) is 7.79. The van der Waals surface area contributed by atoms with Gasteiger partial charge in [-0.2, -0.15) is 0 Å². The molecule has 0 unspecified atom stereocenters. The van der Waals surface area contributed by atoms with Crippen LogP contribution in [-0.4, -0.2) is 24.1 Å². The maximum atomic E-state index is 12.4. The van der Waals surface area contributed by atoms with Crippen molar-refractivity contribution in [3.8, 4) is 0 Å². The maximum Gasteiger partial charge on any atom is 0.255 e. The van der Waals surface area contributed by atoms with Gasteiger partial charge in [0.05, 0.1) is 0 Å². The molecule has 24 heavy (non-hydrogen) atoms. The van der Waals surface area contributed by atoms with Gasteiger partial charge in [-0.15, -0.1) is 0 Å². The Morgan fingerprint density at radius 1 is 0.958 bits per heavy atom. The van der Waals surface area contributed by atoms with Crippen LogP contribution in [0.15, 0.2) is 42.5 Å². The highest BCUT2D eigenvalue weighted by atomic mass is 16.2. The van der Waals surface area contributed by atoms with Crippen molar-refractivity contribution in [2.75, 3.05) is 16.8 Å². The Labute approximate surface area is 140 Å². The fraction of sp³-hybridized carbons (Fsp3) is 0.211. The van der Waals surface area contributed by atoms with Gasteiger partial charge in [0.25, 0.3) is 5.91 Å². The predicted octanol–water partition coefficient (Wildman–Crippen LogP) is 3.05. The minimum Gasteiger partial charge on any atom is -0.322 e. The van der Waals surface area contributed by atoms with E-state index in [1.54, 1.807) is 42.2 Å². The minimum atomic E-state index is -0.213. The third-order valence-corrected chi connectivity index (χ3v) is 4.17. The van der Waals surface area contributed by atoms with Crippen LogP contribution in [0.25, 0.3) is 0 Å². The molecular weight excluding hydrogens is 304 g/mol. The number of fused-ring (bicyclic) bond motifs is 1. The quantitative estimate of drug-likeness (QED) is 0.883. The molecule has 0 fully saturated rings. The first-order valence-electron chi connectivity index (χ1n) is 7.79. The molecule has 2 aromatic carbocycles. The maximum absolute atomic E-state index is 12.4. The van der Waals surface area contributed by atoms with E-state index in [4.69, 9.17) is 0 Å². The van der Waals surface area contributed by atoms with Gasteiger partial charge in [-0.05, 0) is 61.4 Å². The summed E-state index contributed by atoms with van der Waals surface area (Å²) in [6.07, 6.45) is 0.753. The minimum absolute atomic E-state index is 0.0107. The van der Waals surface area contributed by atoms with Gasteiger partial charge < -0.3 is 10.2 Å². The number of nitrogens with one attached hydrogen (secondary N) is 1. The second-order valence-electron chi connectivity index (χ2n) is 5.85. The third kappa shape index (κ3) is 3.06. The van der Waals surface area contributed by atoms with Gasteiger partial charge in [0.2, 0.25) is 5.91 Å². The van der Waals surface area contributed by atoms with Gasteiger partial charge in [0.15, 0.2) is 5.78 Å². The zero-order valence-corrected chi connectivity index (χ0v) is 13.6. The van der Waals surface area contributed by atoms with Gasteiger partial charge in [0.1, 0.15) is 0 Å². The Hall–Kier alpha value is -2.95. The van der Waals surface area contributed by atoms with E-state index in [0.717, 1.165) is 17.7 Å². The molecule has 1 heterocycles. The van der Waals surface area contributed by atoms with Crippen LogP contribution in [0.3, 0.4) is 0 Å². The Bertz CT molecular complexity index is 825. The Kier molecular flexibility index (Phi) is 4.16. The van der Waals surface area contributed by atoms with Crippen LogP contribution >= 0.6 is 0 Å². The average molecular weight is 322 g/mol. The number of benzene rings is 2. The van der Waals surface area contributed by atoms with Crippen LogP contribution in [-0.2, 0) is 11.2 Å². The van der Waals surface area contributed by atoms with Gasteiger partial charge in [-0.3, -0.25) is 14.4 Å². The number of Topliss-reactive ketones (excluding diaryl/α,β-unsaturated/α-hetero) is 1. The van der Waals surface area contributed by atoms with E-state index in [0.29, 0.717) is 23.4 Å². The van der Waals surface area contributed by atoms with Crippen LogP contribution in [0.1, 0.15) is 40.1 Å². The van der Waals surface area contributed by atoms with Crippen molar-refractivity contribution in [2.24, 2.45) is 0 Å². The number of anilines is 2. The molecule has 0 aliphatic carbocycles. The lowest BCUT2D eigenvalue weighted by Crippen LogP contribution is -2.25. The van der Waals surface area contributed by atoms with E-state index in [-0.39, 0.29) is 17.6 Å². The molecule has 0 spiro atoms. The van der Waals surface area contributed by atoms with E-state index in [2.05, 4.69) is 5.32 Å². The lowest BCUT2D eigenvalue weighted by Gasteiger charge is -2.14. The molecule has 1 aliphatic heterocycles. The zero-order chi connectivity index (χ0) is 17.3. The number of ketones is 1. The van der Waals surface area contributed by atoms with Crippen LogP contribution in [0, 0.1) is 0 Å². The first-order chi connectivity index (χ1) is 11.5. The Morgan fingerprint density at radius 2 is 1.62 bits per heavy atom. The van der Waals surface area contributed by atoms with E-state index >= 15 is 0 Å². The molecule has 5 heteroatoms. The summed E-state index contributed by atoms with van der Waals surface area (Å²) in [5.41, 5.74) is 3.68. The van der Waals surface area contributed by atoms with E-state index in [9.17, 15) is 14.4 Å². The van der Waals surface area contributed by atoms with Gasteiger partial charge in [0, 0.05) is 36.0 Å². The topological polar surface area (TPSA) is 66.5 Å². The molecule has 1 N–H and O–H groups in total. The van der Waals surface area contributed by atoms with Crippen LogP contribution < -0.4 is 10.2 Å². The van der Waals surface area contributed by atoms with Gasteiger partial charge >= 0.3 is 0 Å². The SMILES string of the molecule is CC(=O)c1ccc(NC(=O)c2ccc3c(c2)CCN3C(C)=O)cc1. The molecule has 5 nitrogen and oxygen atoms in total. The summed E-state index contributed by atoms with van der Waals surface area (Å²) in [5, 5.41) is 2.82. The molecule has 0 bridgehead atoms. The van der Waals surface area contributed by atoms with Crippen molar-refractivity contribution in [3.63, 3.8) is 0 Å². The molecular formula is C19H18N2O3. The van der Waals surface area contributed by atoms with Crippen molar-refractivity contribution < 1.29 is 14.4 Å². The molecule has 1 aliphatic rings. The monoisotopic (exact) mass is 322 g/mol. The van der Waals surface area contributed by atoms with Gasteiger partial charge in [-0.25, -0.2) is 0 Å². The van der Waals surface area contributed by atoms with E-state index in [1.807, 2.05) is 12.1 Å². The molecule has 0 saturated heterocycles. The highest BCUT2D eigenvalue weighted by molar-refractivity contribution is 6.05. The lowest BCUT2D eigenvalue weighted by atomic mass is 10.1. The number of hydrogen-bond acceptors (Lipinski definition) is 3. The Balaban J connectivity index is 1.76. The summed E-state index contributed by atoms with van der Waals surface area (Å²) >= 11 is 0. The van der Waals surface area contributed by atoms with Crippen molar-refractivity contribution in [3.05, 3.63) is 59.2 Å². The predicted molar refractivity (Wildman–Crippen MR) is 92.6 cm³/mol. The van der Waals surface area contributed by atoms with Crippen LogP contribution in [0.2, 0.25) is 0 Å². The fourth-order valence-electron chi connectivity index (χ4n) is 2.86. The van der Waals surface area contributed by atoms with Crippen molar-refractivity contribution in [1.29, 1.82) is 0 Å². The summed E-state index contributed by atoms with van der Waals surface area (Å²) in [7, 11) is 0. The van der Waals surface area contributed by atoms with Crippen molar-refractivity contribution >= 4 is 29.0 Å². The fourth-order valence-corrected chi connectivity index (χ4v) is 2.86. The highest BCUT2D eigenvalue weighted by Gasteiger charge is 2.23. The number of rotatable bonds is 3. The van der Waals surface area contributed by atoms with Crippen molar-refractivity contribution in [1.82, 2.24) is 0 Å². The number of nitrogens with zero attached hydrogens (tertiary/aromatic N) is 1. The second-order valence-corrected chi connectivity index (χ2v) is 5.85. The normalized spacial score (nSPS) is 12.7. The molecule has 0 radical (unpaired) electrons. The smallest absolute Gasteiger partial charge is 0.255 e. The average Bonchev–Trinajstić information content (AvgIpc) is 2.98. The summed E-state index contributed by atoms with van der Waals surface area (Å²) in [5.74, 6) is -0.215. The van der Waals surface area contributed by atoms with E-state index in [1.165, 1.54) is 6.92 Å². The molecule has 0 saturated carbocycles. The van der Waals surface area contributed by atoms with Gasteiger partial charge in [-0.1, -0.05) is 0 Å². The Morgan fingerprint density at radius 3 is 2.25 bits per heavy atom. The number of hydrogen-bond donors (Lipinski definition) is 1. The van der Waals surface area contributed by atoms with Crippen molar-refractivity contribution in [2.45, 2.75) is 20.3 Å². The number of amides is 2. The number of carbonyl (C=O) groups is 3. The standard InChI is InChI=1S/C19H18N2O3/c1-12(22)14-3-6-17(7-4-14)20-19(24)16-5-8-18-15(11-16)9-10-21(18)13(2)23/h3-8,11H,9-10H2,1-2H3,(H,20,24). The molecule has 0 atom stereocenters. The number of carbonyl (C=O) groups excluding carboxylic acids is 3. The largest absolute Gasteiger partial charge is 0.322 e. The summed E-state index contributed by atoms with van der Waals surface area (Å²) in [6, 6.07) is 12.2. The molecule has 2 aromatic rings. The molecule has 122 valence electrons. The summed E-state index contributed by atoms with van der Waals surface area (Å²) < 4.78 is 0. The highest BCUT2D eigenvalue weighted by Crippen LogP contribution is 2.29. The molecule has 2 amide bonds.